The van der Waals surface area contributed by atoms with E-state index in [1.54, 1.807) is 0 Å². The van der Waals surface area contributed by atoms with Crippen molar-refractivity contribution < 1.29 is 9.59 Å². The predicted molar refractivity (Wildman–Crippen MR) is 82.5 cm³/mol. The van der Waals surface area contributed by atoms with Gasteiger partial charge < -0.3 is 5.32 Å². The number of imide groups is 1. The highest BCUT2D eigenvalue weighted by atomic mass is 16.2. The Morgan fingerprint density at radius 2 is 1.45 bits per heavy atom. The van der Waals surface area contributed by atoms with Crippen molar-refractivity contribution >= 4 is 11.9 Å². The van der Waals surface area contributed by atoms with E-state index in [2.05, 4.69) is 43.2 Å². The molecular formula is C15H31N3O2. The van der Waals surface area contributed by atoms with Gasteiger partial charge in [-0.1, -0.05) is 27.7 Å². The molecule has 2 N–H and O–H groups in total. The summed E-state index contributed by atoms with van der Waals surface area (Å²) in [5, 5.41) is 5.10. The van der Waals surface area contributed by atoms with E-state index in [1.807, 2.05) is 20.8 Å². The second-order valence-electron chi connectivity index (χ2n) is 7.23. The standard InChI is InChI=1S/C15H31N3O2/c1-11(2)8-18(9-12(3)4)10-13(19)16-14(20)17-15(5,6)7/h11-12H,8-10H2,1-7H3,(H2,16,17,19,20). The first-order valence-electron chi connectivity index (χ1n) is 7.34. The summed E-state index contributed by atoms with van der Waals surface area (Å²) in [7, 11) is 0. The third kappa shape index (κ3) is 10.8. The Balaban J connectivity index is 4.34. The van der Waals surface area contributed by atoms with Gasteiger partial charge in [-0.05, 0) is 32.6 Å². The molecule has 0 aliphatic rings. The molecule has 0 saturated carbocycles. The molecule has 0 rings (SSSR count). The zero-order chi connectivity index (χ0) is 15.9. The molecule has 118 valence electrons. The molecule has 0 aliphatic carbocycles. The largest absolute Gasteiger partial charge is 0.333 e. The van der Waals surface area contributed by atoms with Crippen LogP contribution in [0.1, 0.15) is 48.5 Å². The van der Waals surface area contributed by atoms with Crippen LogP contribution in [0.2, 0.25) is 0 Å². The average molecular weight is 285 g/mol. The van der Waals surface area contributed by atoms with Crippen LogP contribution in [0.4, 0.5) is 4.79 Å². The summed E-state index contributed by atoms with van der Waals surface area (Å²) >= 11 is 0. The van der Waals surface area contributed by atoms with Crippen LogP contribution in [0.25, 0.3) is 0 Å². The van der Waals surface area contributed by atoms with E-state index < -0.39 is 6.03 Å². The van der Waals surface area contributed by atoms with Gasteiger partial charge in [0.2, 0.25) is 5.91 Å². The quantitative estimate of drug-likeness (QED) is 0.786. The second kappa shape index (κ2) is 8.25. The number of hydrogen-bond acceptors (Lipinski definition) is 3. The summed E-state index contributed by atoms with van der Waals surface area (Å²) in [5.74, 6) is 0.725. The Bertz CT molecular complexity index is 310. The molecule has 0 aromatic carbocycles. The van der Waals surface area contributed by atoms with Gasteiger partial charge in [-0.15, -0.1) is 0 Å². The Hall–Kier alpha value is -1.10. The second-order valence-corrected chi connectivity index (χ2v) is 7.23. The Kier molecular flexibility index (Phi) is 7.79. The van der Waals surface area contributed by atoms with Crippen LogP contribution < -0.4 is 10.6 Å². The van der Waals surface area contributed by atoms with Crippen molar-refractivity contribution in [1.82, 2.24) is 15.5 Å². The Morgan fingerprint density at radius 1 is 1.00 bits per heavy atom. The minimum absolute atomic E-state index is 0.256. The molecule has 0 heterocycles. The summed E-state index contributed by atoms with van der Waals surface area (Å²) < 4.78 is 0. The fraction of sp³-hybridized carbons (Fsp3) is 0.867. The van der Waals surface area contributed by atoms with Gasteiger partial charge in [-0.25, -0.2) is 4.79 Å². The molecule has 5 nitrogen and oxygen atoms in total. The Labute approximate surface area is 123 Å². The third-order valence-electron chi connectivity index (χ3n) is 2.36. The lowest BCUT2D eigenvalue weighted by molar-refractivity contribution is -0.121. The zero-order valence-corrected chi connectivity index (χ0v) is 14.0. The molecule has 0 unspecified atom stereocenters. The first kappa shape index (κ1) is 18.9. The van der Waals surface area contributed by atoms with Crippen LogP contribution in [0.5, 0.6) is 0 Å². The van der Waals surface area contributed by atoms with E-state index in [9.17, 15) is 9.59 Å². The van der Waals surface area contributed by atoms with Crippen molar-refractivity contribution in [3.05, 3.63) is 0 Å². The predicted octanol–water partition coefficient (Wildman–Crippen LogP) is 2.22. The molecule has 0 aliphatic heterocycles. The molecule has 0 saturated heterocycles. The number of nitrogens with one attached hydrogen (secondary N) is 2. The highest BCUT2D eigenvalue weighted by Crippen LogP contribution is 2.03. The van der Waals surface area contributed by atoms with Gasteiger partial charge in [-0.3, -0.25) is 15.0 Å². The summed E-state index contributed by atoms with van der Waals surface area (Å²) in [5.41, 5.74) is -0.347. The molecule has 0 atom stereocenters. The van der Waals surface area contributed by atoms with Crippen molar-refractivity contribution in [2.24, 2.45) is 11.8 Å². The topological polar surface area (TPSA) is 61.4 Å². The number of nitrogens with zero attached hydrogens (tertiary/aromatic N) is 1. The first-order chi connectivity index (χ1) is 8.99. The summed E-state index contributed by atoms with van der Waals surface area (Å²) in [4.78, 5) is 25.6. The maximum absolute atomic E-state index is 11.9. The number of hydrogen-bond donors (Lipinski definition) is 2. The molecule has 20 heavy (non-hydrogen) atoms. The van der Waals surface area contributed by atoms with Crippen molar-refractivity contribution in [2.45, 2.75) is 54.0 Å². The average Bonchev–Trinajstić information content (AvgIpc) is 2.09. The number of amides is 3. The molecule has 5 heteroatoms. The third-order valence-corrected chi connectivity index (χ3v) is 2.36. The number of rotatable bonds is 6. The van der Waals surface area contributed by atoms with Crippen LogP contribution in [0, 0.1) is 11.8 Å². The van der Waals surface area contributed by atoms with Crippen LogP contribution >= 0.6 is 0 Å². The maximum atomic E-state index is 11.9. The summed E-state index contributed by atoms with van der Waals surface area (Å²) in [6.07, 6.45) is 0. The van der Waals surface area contributed by atoms with E-state index >= 15 is 0 Å². The highest BCUT2D eigenvalue weighted by Gasteiger charge is 2.18. The van der Waals surface area contributed by atoms with Gasteiger partial charge >= 0.3 is 6.03 Å². The van der Waals surface area contributed by atoms with Crippen molar-refractivity contribution in [1.29, 1.82) is 0 Å². The SMILES string of the molecule is CC(C)CN(CC(=O)NC(=O)NC(C)(C)C)CC(C)C. The minimum Gasteiger partial charge on any atom is -0.333 e. The van der Waals surface area contributed by atoms with Gasteiger partial charge in [0, 0.05) is 18.6 Å². The van der Waals surface area contributed by atoms with Crippen LogP contribution in [-0.2, 0) is 4.79 Å². The van der Waals surface area contributed by atoms with Gasteiger partial charge in [0.15, 0.2) is 0 Å². The number of urea groups is 1. The van der Waals surface area contributed by atoms with Gasteiger partial charge in [0.1, 0.15) is 0 Å². The number of carbonyl (C=O) groups is 2. The monoisotopic (exact) mass is 285 g/mol. The van der Waals surface area contributed by atoms with Crippen LogP contribution in [0.15, 0.2) is 0 Å². The van der Waals surface area contributed by atoms with Gasteiger partial charge in [0.25, 0.3) is 0 Å². The van der Waals surface area contributed by atoms with Gasteiger partial charge in [-0.2, -0.15) is 0 Å². The normalized spacial score (nSPS) is 12.1. The lowest BCUT2D eigenvalue weighted by Gasteiger charge is -2.26. The fourth-order valence-electron chi connectivity index (χ4n) is 1.98. The minimum atomic E-state index is -0.434. The maximum Gasteiger partial charge on any atom is 0.321 e. The van der Waals surface area contributed by atoms with E-state index in [4.69, 9.17) is 0 Å². The first-order valence-corrected chi connectivity index (χ1v) is 7.34. The van der Waals surface area contributed by atoms with Crippen molar-refractivity contribution in [3.63, 3.8) is 0 Å². The molecule has 0 spiro atoms. The van der Waals surface area contributed by atoms with Gasteiger partial charge in [0.05, 0.1) is 6.54 Å². The molecule has 0 radical (unpaired) electrons. The lowest BCUT2D eigenvalue weighted by atomic mass is 10.1. The summed E-state index contributed by atoms with van der Waals surface area (Å²) in [6.45, 7) is 16.1. The van der Waals surface area contributed by atoms with E-state index in [0.717, 1.165) is 13.1 Å². The molecule has 0 fully saturated rings. The molecular weight excluding hydrogens is 254 g/mol. The molecule has 0 aromatic rings. The molecule has 3 amide bonds. The van der Waals surface area contributed by atoms with E-state index in [0.29, 0.717) is 11.8 Å². The smallest absolute Gasteiger partial charge is 0.321 e. The van der Waals surface area contributed by atoms with Crippen molar-refractivity contribution in [2.75, 3.05) is 19.6 Å². The van der Waals surface area contributed by atoms with E-state index in [1.165, 1.54) is 0 Å². The lowest BCUT2D eigenvalue weighted by Crippen LogP contribution is -2.50. The molecule has 0 bridgehead atoms. The van der Waals surface area contributed by atoms with Crippen molar-refractivity contribution in [3.8, 4) is 0 Å². The zero-order valence-electron chi connectivity index (χ0n) is 14.0. The fourth-order valence-corrected chi connectivity index (χ4v) is 1.98. The van der Waals surface area contributed by atoms with Crippen LogP contribution in [0.3, 0.4) is 0 Å². The molecule has 0 aromatic heterocycles. The summed E-state index contributed by atoms with van der Waals surface area (Å²) in [6, 6.07) is -0.434. The number of carbonyl (C=O) groups excluding carboxylic acids is 2. The van der Waals surface area contributed by atoms with E-state index in [-0.39, 0.29) is 18.0 Å². The Morgan fingerprint density at radius 3 is 1.80 bits per heavy atom. The highest BCUT2D eigenvalue weighted by molar-refractivity contribution is 5.95. The van der Waals surface area contributed by atoms with Crippen LogP contribution in [-0.4, -0.2) is 42.0 Å².